The van der Waals surface area contributed by atoms with E-state index in [1.54, 1.807) is 0 Å². The highest BCUT2D eigenvalue weighted by Crippen LogP contribution is 2.43. The van der Waals surface area contributed by atoms with Gasteiger partial charge >= 0.3 is 0 Å². The summed E-state index contributed by atoms with van der Waals surface area (Å²) < 4.78 is 2.56. The second kappa shape index (κ2) is 11.2. The first-order chi connectivity index (χ1) is 24.3. The van der Waals surface area contributed by atoms with E-state index in [2.05, 4.69) is 97.1 Å². The van der Waals surface area contributed by atoms with E-state index in [1.165, 1.54) is 25.6 Å². The SMILES string of the molecule is c1ccc(-c2nc(-c3ccccc3)nc(-c3ccc(-c4nc5ccccc5c5cc6c(cc45)sc4ccccc46)c4ccccc34)n2)cc1. The van der Waals surface area contributed by atoms with Crippen LogP contribution in [-0.2, 0) is 0 Å². The molecule has 0 saturated heterocycles. The Morgan fingerprint density at radius 1 is 0.327 bits per heavy atom. The molecule has 49 heavy (non-hydrogen) atoms. The molecule has 228 valence electrons. The van der Waals surface area contributed by atoms with Crippen LogP contribution >= 0.6 is 11.3 Å². The summed E-state index contributed by atoms with van der Waals surface area (Å²) in [6.45, 7) is 0. The molecule has 0 N–H and O–H groups in total. The van der Waals surface area contributed by atoms with Crippen molar-refractivity contribution < 1.29 is 0 Å². The average molecular weight is 643 g/mol. The van der Waals surface area contributed by atoms with Gasteiger partial charge in [0.1, 0.15) is 0 Å². The van der Waals surface area contributed by atoms with E-state index in [0.717, 1.165) is 55.0 Å². The molecule has 0 radical (unpaired) electrons. The number of aromatic nitrogens is 4. The Morgan fingerprint density at radius 2 is 0.878 bits per heavy atom. The van der Waals surface area contributed by atoms with Crippen molar-refractivity contribution in [3.05, 3.63) is 158 Å². The van der Waals surface area contributed by atoms with Crippen LogP contribution < -0.4 is 0 Å². The normalized spacial score (nSPS) is 11.7. The summed E-state index contributed by atoms with van der Waals surface area (Å²) in [7, 11) is 0. The summed E-state index contributed by atoms with van der Waals surface area (Å²) in [5.74, 6) is 1.93. The number of thiophene rings is 1. The number of hydrogen-bond donors (Lipinski definition) is 0. The first kappa shape index (κ1) is 27.8. The van der Waals surface area contributed by atoms with Gasteiger partial charge in [0.2, 0.25) is 0 Å². The zero-order valence-corrected chi connectivity index (χ0v) is 27.0. The van der Waals surface area contributed by atoms with Crippen molar-refractivity contribution in [2.24, 2.45) is 0 Å². The smallest absolute Gasteiger partial charge is 0.164 e. The van der Waals surface area contributed by atoms with Crippen LogP contribution in [0.2, 0.25) is 0 Å². The first-order valence-corrected chi connectivity index (χ1v) is 17.1. The van der Waals surface area contributed by atoms with Crippen molar-refractivity contribution in [1.29, 1.82) is 0 Å². The molecular weight excluding hydrogens is 617 g/mol. The Labute approximate surface area is 286 Å². The van der Waals surface area contributed by atoms with E-state index in [-0.39, 0.29) is 0 Å². The average Bonchev–Trinajstić information content (AvgIpc) is 3.54. The van der Waals surface area contributed by atoms with Crippen LogP contribution in [0.1, 0.15) is 0 Å². The maximum Gasteiger partial charge on any atom is 0.164 e. The Balaban J connectivity index is 1.24. The van der Waals surface area contributed by atoms with E-state index in [0.29, 0.717) is 17.5 Å². The maximum atomic E-state index is 5.36. The van der Waals surface area contributed by atoms with Crippen molar-refractivity contribution in [3.8, 4) is 45.4 Å². The minimum atomic E-state index is 0.638. The van der Waals surface area contributed by atoms with Gasteiger partial charge in [-0.05, 0) is 46.5 Å². The van der Waals surface area contributed by atoms with Crippen LogP contribution in [0.3, 0.4) is 0 Å². The largest absolute Gasteiger partial charge is 0.247 e. The number of para-hydroxylation sites is 1. The summed E-state index contributed by atoms with van der Waals surface area (Å²) in [6.07, 6.45) is 0. The molecular formula is C44H26N4S. The van der Waals surface area contributed by atoms with Crippen molar-refractivity contribution in [1.82, 2.24) is 19.9 Å². The van der Waals surface area contributed by atoms with Gasteiger partial charge in [-0.25, -0.2) is 19.9 Å². The fourth-order valence-corrected chi connectivity index (χ4v) is 8.13. The Hall–Kier alpha value is -6.30. The minimum absolute atomic E-state index is 0.638. The number of rotatable bonds is 4. The molecule has 10 rings (SSSR count). The van der Waals surface area contributed by atoms with Crippen LogP contribution in [0, 0.1) is 0 Å². The van der Waals surface area contributed by atoms with Crippen LogP contribution in [-0.4, -0.2) is 19.9 Å². The second-order valence-corrected chi connectivity index (χ2v) is 13.3. The highest BCUT2D eigenvalue weighted by Gasteiger charge is 2.19. The summed E-state index contributed by atoms with van der Waals surface area (Å²) in [5, 5.41) is 8.26. The number of pyridine rings is 1. The minimum Gasteiger partial charge on any atom is -0.247 e. The van der Waals surface area contributed by atoms with E-state index in [4.69, 9.17) is 19.9 Å². The monoisotopic (exact) mass is 642 g/mol. The quantitative estimate of drug-likeness (QED) is 0.179. The fourth-order valence-electron chi connectivity index (χ4n) is 7.00. The third-order valence-electron chi connectivity index (χ3n) is 9.32. The van der Waals surface area contributed by atoms with E-state index >= 15 is 0 Å². The molecule has 0 aliphatic carbocycles. The molecule has 0 atom stereocenters. The molecule has 10 aromatic rings. The molecule has 0 aliphatic heterocycles. The number of hydrogen-bond acceptors (Lipinski definition) is 5. The summed E-state index contributed by atoms with van der Waals surface area (Å²) in [4.78, 5) is 20.4. The summed E-state index contributed by atoms with van der Waals surface area (Å²) in [5.41, 5.74) is 5.88. The van der Waals surface area contributed by atoms with Gasteiger partial charge in [-0.2, -0.15) is 0 Å². The van der Waals surface area contributed by atoms with Crippen LogP contribution in [0.25, 0.3) is 98.0 Å². The lowest BCUT2D eigenvalue weighted by Crippen LogP contribution is -2.01. The Bertz CT molecular complexity index is 2820. The van der Waals surface area contributed by atoms with Gasteiger partial charge in [0.15, 0.2) is 17.5 Å². The highest BCUT2D eigenvalue weighted by molar-refractivity contribution is 7.25. The van der Waals surface area contributed by atoms with Gasteiger partial charge in [0.05, 0.1) is 11.2 Å². The second-order valence-electron chi connectivity index (χ2n) is 12.2. The molecule has 0 saturated carbocycles. The highest BCUT2D eigenvalue weighted by atomic mass is 32.1. The van der Waals surface area contributed by atoms with Gasteiger partial charge in [0, 0.05) is 53.2 Å². The molecule has 0 bridgehead atoms. The lowest BCUT2D eigenvalue weighted by Gasteiger charge is -2.15. The molecule has 0 spiro atoms. The van der Waals surface area contributed by atoms with Crippen molar-refractivity contribution >= 4 is 64.0 Å². The summed E-state index contributed by atoms with van der Waals surface area (Å²) >= 11 is 1.84. The molecule has 3 aromatic heterocycles. The van der Waals surface area contributed by atoms with Crippen LogP contribution in [0.5, 0.6) is 0 Å². The third kappa shape index (κ3) is 4.59. The molecule has 0 unspecified atom stereocenters. The lowest BCUT2D eigenvalue weighted by atomic mass is 9.93. The molecule has 7 aromatic carbocycles. The third-order valence-corrected chi connectivity index (χ3v) is 10.5. The fraction of sp³-hybridized carbons (Fsp3) is 0. The number of nitrogens with zero attached hydrogens (tertiary/aromatic N) is 4. The first-order valence-electron chi connectivity index (χ1n) is 16.3. The van der Waals surface area contributed by atoms with Crippen molar-refractivity contribution in [2.75, 3.05) is 0 Å². The van der Waals surface area contributed by atoms with Crippen LogP contribution in [0.15, 0.2) is 158 Å². The predicted molar refractivity (Wildman–Crippen MR) is 205 cm³/mol. The van der Waals surface area contributed by atoms with Gasteiger partial charge in [-0.1, -0.05) is 127 Å². The summed E-state index contributed by atoms with van der Waals surface area (Å²) in [6, 6.07) is 55.0. The zero-order valence-electron chi connectivity index (χ0n) is 26.2. The van der Waals surface area contributed by atoms with E-state index in [1.807, 2.05) is 72.0 Å². The molecule has 5 heteroatoms. The lowest BCUT2D eigenvalue weighted by molar-refractivity contribution is 1.08. The zero-order chi connectivity index (χ0) is 32.3. The molecule has 0 aliphatic rings. The number of fused-ring (bicyclic) bond motifs is 7. The van der Waals surface area contributed by atoms with Gasteiger partial charge < -0.3 is 0 Å². The predicted octanol–water partition coefficient (Wildman–Crippen LogP) is 11.8. The topological polar surface area (TPSA) is 51.6 Å². The molecule has 3 heterocycles. The van der Waals surface area contributed by atoms with Gasteiger partial charge in [0.25, 0.3) is 0 Å². The van der Waals surface area contributed by atoms with Crippen molar-refractivity contribution in [3.63, 3.8) is 0 Å². The molecule has 0 amide bonds. The molecule has 4 nitrogen and oxygen atoms in total. The van der Waals surface area contributed by atoms with Gasteiger partial charge in [-0.3, -0.25) is 0 Å². The molecule has 0 fully saturated rings. The number of benzene rings is 7. The Morgan fingerprint density at radius 3 is 1.59 bits per heavy atom. The standard InChI is InChI=1S/C44H26N4S/c1-3-13-27(14-4-1)42-46-43(28-15-5-2-6-16-28)48-44(47-42)34-24-23-33(29-17-7-8-18-30(29)34)41-37-26-40-36(32-20-10-12-22-39(32)49-40)25-35(37)31-19-9-11-21-38(31)45-41/h1-26H. The van der Waals surface area contributed by atoms with Gasteiger partial charge in [-0.15, -0.1) is 11.3 Å². The van der Waals surface area contributed by atoms with E-state index in [9.17, 15) is 0 Å². The van der Waals surface area contributed by atoms with E-state index < -0.39 is 0 Å². The van der Waals surface area contributed by atoms with Crippen LogP contribution in [0.4, 0.5) is 0 Å². The van der Waals surface area contributed by atoms with Crippen molar-refractivity contribution in [2.45, 2.75) is 0 Å². The Kier molecular flexibility index (Phi) is 6.32. The maximum absolute atomic E-state index is 5.36.